The van der Waals surface area contributed by atoms with E-state index >= 15 is 0 Å². The molecular weight excluding hydrogens is 249 g/mol. The zero-order chi connectivity index (χ0) is 13.2. The number of hydrogen-bond acceptors (Lipinski definition) is 4. The molecule has 0 fully saturated rings. The van der Waals surface area contributed by atoms with Crippen molar-refractivity contribution in [3.05, 3.63) is 65.5 Å². The second kappa shape index (κ2) is 4.53. The Morgan fingerprint density at radius 2 is 2.00 bits per heavy atom. The second-order valence-electron chi connectivity index (χ2n) is 3.83. The number of furan rings is 1. The van der Waals surface area contributed by atoms with Crippen molar-refractivity contribution in [3.8, 4) is 0 Å². The van der Waals surface area contributed by atoms with Crippen LogP contribution in [0.5, 0.6) is 0 Å². The normalized spacial score (nSPS) is 16.6. The Balaban J connectivity index is 1.98. The van der Waals surface area contributed by atoms with Crippen LogP contribution in [0.3, 0.4) is 0 Å². The number of halogens is 1. The zero-order valence-corrected chi connectivity index (χ0v) is 9.67. The van der Waals surface area contributed by atoms with Crippen LogP contribution in [-0.2, 0) is 9.53 Å². The molecule has 1 aromatic heterocycles. The number of nitrogens with zero attached hydrogens (tertiary/aromatic N) is 1. The molecule has 2 aromatic rings. The van der Waals surface area contributed by atoms with Crippen molar-refractivity contribution in [1.82, 2.24) is 0 Å². The largest absolute Gasteiger partial charge is 0.465 e. The van der Waals surface area contributed by atoms with Crippen molar-refractivity contribution in [2.45, 2.75) is 0 Å². The fourth-order valence-electron chi connectivity index (χ4n) is 1.67. The Labute approximate surface area is 107 Å². The van der Waals surface area contributed by atoms with Crippen molar-refractivity contribution in [1.29, 1.82) is 0 Å². The van der Waals surface area contributed by atoms with Gasteiger partial charge in [-0.25, -0.2) is 14.2 Å². The van der Waals surface area contributed by atoms with Gasteiger partial charge in [0.2, 0.25) is 5.90 Å². The van der Waals surface area contributed by atoms with E-state index in [2.05, 4.69) is 4.99 Å². The van der Waals surface area contributed by atoms with E-state index in [1.165, 1.54) is 24.5 Å². The van der Waals surface area contributed by atoms with Gasteiger partial charge in [-0.1, -0.05) is 12.1 Å². The fraction of sp³-hybridized carbons (Fsp3) is 0. The summed E-state index contributed by atoms with van der Waals surface area (Å²) in [6.07, 6.45) is 2.92. The molecule has 19 heavy (non-hydrogen) atoms. The van der Waals surface area contributed by atoms with Crippen molar-refractivity contribution < 1.29 is 18.3 Å². The van der Waals surface area contributed by atoms with Gasteiger partial charge in [0.05, 0.1) is 11.8 Å². The summed E-state index contributed by atoms with van der Waals surface area (Å²) in [5.41, 5.74) is 0.229. The van der Waals surface area contributed by atoms with E-state index in [-0.39, 0.29) is 17.2 Å². The summed E-state index contributed by atoms with van der Waals surface area (Å²) < 4.78 is 23.6. The lowest BCUT2D eigenvalue weighted by molar-refractivity contribution is -0.129. The van der Waals surface area contributed by atoms with Crippen LogP contribution in [-0.4, -0.2) is 11.9 Å². The maximum absolute atomic E-state index is 13.6. The molecule has 0 atom stereocenters. The Morgan fingerprint density at radius 1 is 1.16 bits per heavy atom. The van der Waals surface area contributed by atoms with Gasteiger partial charge < -0.3 is 9.15 Å². The predicted octanol–water partition coefficient (Wildman–Crippen LogP) is 2.76. The van der Waals surface area contributed by atoms with Crippen molar-refractivity contribution in [2.75, 3.05) is 0 Å². The topological polar surface area (TPSA) is 51.8 Å². The van der Waals surface area contributed by atoms with E-state index in [4.69, 9.17) is 9.15 Å². The molecule has 3 rings (SSSR count). The van der Waals surface area contributed by atoms with E-state index < -0.39 is 11.8 Å². The van der Waals surface area contributed by atoms with Crippen LogP contribution in [0.2, 0.25) is 0 Å². The van der Waals surface area contributed by atoms with E-state index in [9.17, 15) is 9.18 Å². The van der Waals surface area contributed by atoms with E-state index in [0.29, 0.717) is 5.76 Å². The molecular formula is C14H8FNO3. The average Bonchev–Trinajstić information content (AvgIpc) is 3.02. The molecule has 0 spiro atoms. The highest BCUT2D eigenvalue weighted by molar-refractivity contribution is 6.12. The van der Waals surface area contributed by atoms with Crippen LogP contribution < -0.4 is 0 Å². The molecule has 2 heterocycles. The minimum Gasteiger partial charge on any atom is -0.465 e. The Bertz CT molecular complexity index is 686. The lowest BCUT2D eigenvalue weighted by atomic mass is 10.2. The molecule has 0 amide bonds. The Hall–Kier alpha value is -2.69. The second-order valence-corrected chi connectivity index (χ2v) is 3.83. The molecule has 5 heteroatoms. The lowest BCUT2D eigenvalue weighted by Gasteiger charge is -1.99. The summed E-state index contributed by atoms with van der Waals surface area (Å²) in [7, 11) is 0. The van der Waals surface area contributed by atoms with Crippen LogP contribution in [0, 0.1) is 5.82 Å². The number of carbonyl (C=O) groups excluding carboxylic acids is 1. The standard InChI is InChI=1S/C14H8FNO3/c15-11-6-2-1-5-10(11)13-16-12(14(17)19-13)8-9-4-3-7-18-9/h1-8H. The number of esters is 1. The SMILES string of the molecule is O=C1OC(c2ccccc2F)=NC1=Cc1ccco1. The van der Waals surface area contributed by atoms with Crippen LogP contribution in [0.1, 0.15) is 11.3 Å². The van der Waals surface area contributed by atoms with E-state index in [1.807, 2.05) is 0 Å². The molecule has 94 valence electrons. The van der Waals surface area contributed by atoms with Gasteiger partial charge in [-0.3, -0.25) is 0 Å². The van der Waals surface area contributed by atoms with Crippen molar-refractivity contribution >= 4 is 17.9 Å². The van der Waals surface area contributed by atoms with Crippen LogP contribution >= 0.6 is 0 Å². The zero-order valence-electron chi connectivity index (χ0n) is 9.67. The third-order valence-corrected chi connectivity index (χ3v) is 2.55. The molecule has 0 saturated heterocycles. The van der Waals surface area contributed by atoms with Gasteiger partial charge in [0.1, 0.15) is 11.6 Å². The molecule has 0 radical (unpaired) electrons. The first-order chi connectivity index (χ1) is 9.24. The average molecular weight is 257 g/mol. The molecule has 0 saturated carbocycles. The van der Waals surface area contributed by atoms with Gasteiger partial charge in [-0.05, 0) is 24.3 Å². The number of benzene rings is 1. The molecule has 0 N–H and O–H groups in total. The molecule has 4 nitrogen and oxygen atoms in total. The van der Waals surface area contributed by atoms with Gasteiger partial charge >= 0.3 is 5.97 Å². The molecule has 0 bridgehead atoms. The highest BCUT2D eigenvalue weighted by Gasteiger charge is 2.26. The number of hydrogen-bond donors (Lipinski definition) is 0. The monoisotopic (exact) mass is 257 g/mol. The summed E-state index contributed by atoms with van der Waals surface area (Å²) in [5.74, 6) is -0.686. The van der Waals surface area contributed by atoms with Crippen LogP contribution in [0.15, 0.2) is 57.8 Å². The summed E-state index contributed by atoms with van der Waals surface area (Å²) in [6, 6.07) is 9.33. The van der Waals surface area contributed by atoms with Gasteiger partial charge in [0, 0.05) is 6.08 Å². The molecule has 0 aliphatic carbocycles. The van der Waals surface area contributed by atoms with Crippen LogP contribution in [0.4, 0.5) is 4.39 Å². The maximum atomic E-state index is 13.6. The number of ether oxygens (including phenoxy) is 1. The van der Waals surface area contributed by atoms with Crippen molar-refractivity contribution in [2.24, 2.45) is 4.99 Å². The number of carbonyl (C=O) groups is 1. The molecule has 1 aliphatic heterocycles. The Morgan fingerprint density at radius 3 is 2.74 bits per heavy atom. The van der Waals surface area contributed by atoms with Gasteiger partial charge in [0.25, 0.3) is 0 Å². The van der Waals surface area contributed by atoms with Crippen molar-refractivity contribution in [3.63, 3.8) is 0 Å². The molecule has 0 unspecified atom stereocenters. The predicted molar refractivity (Wildman–Crippen MR) is 65.7 cm³/mol. The first-order valence-corrected chi connectivity index (χ1v) is 5.55. The Kier molecular flexibility index (Phi) is 2.72. The summed E-state index contributed by atoms with van der Waals surface area (Å²) >= 11 is 0. The van der Waals surface area contributed by atoms with Gasteiger partial charge in [-0.15, -0.1) is 0 Å². The first-order valence-electron chi connectivity index (χ1n) is 5.55. The third kappa shape index (κ3) is 2.18. The quantitative estimate of drug-likeness (QED) is 0.614. The molecule has 1 aromatic carbocycles. The minimum absolute atomic E-state index is 0.0408. The maximum Gasteiger partial charge on any atom is 0.363 e. The third-order valence-electron chi connectivity index (χ3n) is 2.55. The van der Waals surface area contributed by atoms with E-state index in [1.54, 1.807) is 24.3 Å². The van der Waals surface area contributed by atoms with Crippen LogP contribution in [0.25, 0.3) is 6.08 Å². The summed E-state index contributed by atoms with van der Waals surface area (Å²) in [5, 5.41) is 0. The fourth-order valence-corrected chi connectivity index (χ4v) is 1.67. The minimum atomic E-state index is -0.630. The highest BCUT2D eigenvalue weighted by atomic mass is 19.1. The first kappa shape index (κ1) is 11.4. The summed E-state index contributed by atoms with van der Waals surface area (Å²) in [6.45, 7) is 0. The number of rotatable bonds is 2. The number of aliphatic imine (C=N–C) groups is 1. The van der Waals surface area contributed by atoms with E-state index in [0.717, 1.165) is 0 Å². The highest BCUT2D eigenvalue weighted by Crippen LogP contribution is 2.20. The summed E-state index contributed by atoms with van der Waals surface area (Å²) in [4.78, 5) is 15.6. The smallest absolute Gasteiger partial charge is 0.363 e. The number of cyclic esters (lactones) is 1. The van der Waals surface area contributed by atoms with Gasteiger partial charge in [0.15, 0.2) is 5.70 Å². The van der Waals surface area contributed by atoms with Gasteiger partial charge in [-0.2, -0.15) is 0 Å². The molecule has 1 aliphatic rings. The lowest BCUT2D eigenvalue weighted by Crippen LogP contribution is -2.07.